The molecule has 2 rings (SSSR count). The van der Waals surface area contributed by atoms with Crippen molar-refractivity contribution in [2.24, 2.45) is 0 Å². The van der Waals surface area contributed by atoms with Crippen LogP contribution in [0.4, 0.5) is 14.5 Å². The van der Waals surface area contributed by atoms with Crippen LogP contribution in [0.3, 0.4) is 0 Å². The largest absolute Gasteiger partial charge is 0.309 e. The quantitative estimate of drug-likeness (QED) is 0.834. The number of halogens is 3. The molecule has 1 aromatic heterocycles. The van der Waals surface area contributed by atoms with E-state index in [1.54, 1.807) is 19.2 Å². The van der Waals surface area contributed by atoms with Crippen molar-refractivity contribution in [2.75, 3.05) is 11.9 Å². The molecule has 0 saturated carbocycles. The van der Waals surface area contributed by atoms with Gasteiger partial charge in [0.1, 0.15) is 11.6 Å². The Morgan fingerprint density at radius 3 is 2.65 bits per heavy atom. The minimum Gasteiger partial charge on any atom is -0.309 e. The third-order valence-electron chi connectivity index (χ3n) is 2.86. The van der Waals surface area contributed by atoms with Crippen molar-refractivity contribution >= 4 is 27.5 Å². The van der Waals surface area contributed by atoms with Crippen molar-refractivity contribution < 1.29 is 13.6 Å². The van der Waals surface area contributed by atoms with Crippen LogP contribution in [0.15, 0.2) is 34.9 Å². The van der Waals surface area contributed by atoms with Crippen molar-refractivity contribution in [3.8, 4) is 0 Å². The summed E-state index contributed by atoms with van der Waals surface area (Å²) in [5.41, 5.74) is 0.897. The Hall–Kier alpha value is -1.82. The molecule has 1 aromatic carbocycles. The topological polar surface area (TPSA) is 33.2 Å². The lowest BCUT2D eigenvalue weighted by molar-refractivity contribution is 0.0991. The minimum absolute atomic E-state index is 0.00998. The van der Waals surface area contributed by atoms with Gasteiger partial charge >= 0.3 is 0 Å². The summed E-state index contributed by atoms with van der Waals surface area (Å²) >= 11 is 3.24. The first-order valence-electron chi connectivity index (χ1n) is 5.75. The number of anilines is 1. The van der Waals surface area contributed by atoms with E-state index < -0.39 is 17.5 Å². The van der Waals surface area contributed by atoms with Gasteiger partial charge in [-0.15, -0.1) is 0 Å². The second-order valence-corrected chi connectivity index (χ2v) is 5.16. The normalized spacial score (nSPS) is 10.4. The van der Waals surface area contributed by atoms with Crippen LogP contribution in [0, 0.1) is 18.6 Å². The van der Waals surface area contributed by atoms with Gasteiger partial charge in [0.05, 0.1) is 16.9 Å². The first-order chi connectivity index (χ1) is 9.40. The molecule has 1 heterocycles. The molecule has 1 amide bonds. The molecular formula is C14H11BrF2N2O. The Morgan fingerprint density at radius 2 is 2.00 bits per heavy atom. The Kier molecular flexibility index (Phi) is 4.13. The second-order valence-electron chi connectivity index (χ2n) is 4.25. The summed E-state index contributed by atoms with van der Waals surface area (Å²) in [7, 11) is 1.43. The maximum Gasteiger partial charge on any atom is 0.259 e. The van der Waals surface area contributed by atoms with Crippen molar-refractivity contribution in [1.29, 1.82) is 0 Å². The Labute approximate surface area is 123 Å². The molecule has 0 aliphatic rings. The van der Waals surface area contributed by atoms with Gasteiger partial charge in [0.15, 0.2) is 0 Å². The van der Waals surface area contributed by atoms with Crippen LogP contribution in [-0.4, -0.2) is 17.9 Å². The fourth-order valence-corrected chi connectivity index (χ4v) is 2.10. The summed E-state index contributed by atoms with van der Waals surface area (Å²) in [6.45, 7) is 1.69. The van der Waals surface area contributed by atoms with Crippen LogP contribution >= 0.6 is 15.9 Å². The molecule has 6 heteroatoms. The van der Waals surface area contributed by atoms with Crippen molar-refractivity contribution in [2.45, 2.75) is 6.92 Å². The highest BCUT2D eigenvalue weighted by atomic mass is 79.9. The fraction of sp³-hybridized carbons (Fsp3) is 0.143. The van der Waals surface area contributed by atoms with E-state index in [9.17, 15) is 13.6 Å². The average Bonchev–Trinajstić information content (AvgIpc) is 2.40. The Balaban J connectivity index is 2.40. The molecule has 0 unspecified atom stereocenters. The highest BCUT2D eigenvalue weighted by Gasteiger charge is 2.19. The zero-order chi connectivity index (χ0) is 14.9. The lowest BCUT2D eigenvalue weighted by Gasteiger charge is -2.19. The predicted molar refractivity (Wildman–Crippen MR) is 75.8 cm³/mol. The molecule has 0 bridgehead atoms. The Bertz CT molecular complexity index is 676. The minimum atomic E-state index is -0.790. The average molecular weight is 341 g/mol. The van der Waals surface area contributed by atoms with Gasteiger partial charge in [-0.25, -0.2) is 8.78 Å². The van der Waals surface area contributed by atoms with Gasteiger partial charge in [0.2, 0.25) is 0 Å². The monoisotopic (exact) mass is 340 g/mol. The van der Waals surface area contributed by atoms with E-state index in [1.807, 2.05) is 0 Å². The third-order valence-corrected chi connectivity index (χ3v) is 3.29. The summed E-state index contributed by atoms with van der Waals surface area (Å²) in [6, 6.07) is 4.69. The molecule has 0 aliphatic carbocycles. The number of carbonyl (C=O) groups is 1. The summed E-state index contributed by atoms with van der Waals surface area (Å²) in [6.07, 6.45) is 1.57. The SMILES string of the molecule is Cc1ncc(Br)cc1C(=O)N(C)c1ccc(F)cc1F. The molecule has 2 aromatic rings. The van der Waals surface area contributed by atoms with Gasteiger partial charge in [0.25, 0.3) is 5.91 Å². The van der Waals surface area contributed by atoms with E-state index in [-0.39, 0.29) is 5.69 Å². The van der Waals surface area contributed by atoms with Crippen LogP contribution < -0.4 is 4.90 Å². The summed E-state index contributed by atoms with van der Waals surface area (Å²) < 4.78 is 27.2. The van der Waals surface area contributed by atoms with Gasteiger partial charge < -0.3 is 4.90 Å². The number of hydrogen-bond acceptors (Lipinski definition) is 2. The van der Waals surface area contributed by atoms with Gasteiger partial charge in [-0.1, -0.05) is 0 Å². The highest BCUT2D eigenvalue weighted by molar-refractivity contribution is 9.10. The smallest absolute Gasteiger partial charge is 0.259 e. The summed E-state index contributed by atoms with van der Waals surface area (Å²) in [4.78, 5) is 17.6. The maximum atomic E-state index is 13.7. The molecule has 0 radical (unpaired) electrons. The first kappa shape index (κ1) is 14.6. The zero-order valence-corrected chi connectivity index (χ0v) is 12.4. The van der Waals surface area contributed by atoms with E-state index in [2.05, 4.69) is 20.9 Å². The number of aromatic nitrogens is 1. The number of hydrogen-bond donors (Lipinski definition) is 0. The number of nitrogens with zero attached hydrogens (tertiary/aromatic N) is 2. The number of aryl methyl sites for hydroxylation is 1. The summed E-state index contributed by atoms with van der Waals surface area (Å²) in [5, 5.41) is 0. The third kappa shape index (κ3) is 2.85. The molecule has 0 saturated heterocycles. The van der Waals surface area contributed by atoms with E-state index >= 15 is 0 Å². The standard InChI is InChI=1S/C14H11BrF2N2O/c1-8-11(5-9(15)7-18-8)14(20)19(2)13-4-3-10(16)6-12(13)17/h3-7H,1-2H3. The predicted octanol–water partition coefficient (Wildman–Crippen LogP) is 3.71. The number of benzene rings is 1. The van der Waals surface area contributed by atoms with Crippen LogP contribution in [0.5, 0.6) is 0 Å². The Morgan fingerprint density at radius 1 is 1.30 bits per heavy atom. The number of pyridine rings is 1. The number of carbonyl (C=O) groups excluding carboxylic acids is 1. The highest BCUT2D eigenvalue weighted by Crippen LogP contribution is 2.22. The molecule has 0 spiro atoms. The van der Waals surface area contributed by atoms with Crippen LogP contribution in [0.1, 0.15) is 16.1 Å². The molecule has 0 fully saturated rings. The van der Waals surface area contributed by atoms with Crippen LogP contribution in [-0.2, 0) is 0 Å². The summed E-state index contributed by atoms with van der Waals surface area (Å²) in [5.74, 6) is -1.89. The molecule has 0 atom stereocenters. The van der Waals surface area contributed by atoms with E-state index in [0.717, 1.165) is 17.0 Å². The zero-order valence-electron chi connectivity index (χ0n) is 10.8. The van der Waals surface area contributed by atoms with E-state index in [1.165, 1.54) is 13.1 Å². The fourth-order valence-electron chi connectivity index (χ4n) is 1.77. The number of amides is 1. The van der Waals surface area contributed by atoms with Crippen LogP contribution in [0.2, 0.25) is 0 Å². The molecule has 3 nitrogen and oxygen atoms in total. The van der Waals surface area contributed by atoms with Crippen molar-refractivity contribution in [3.05, 3.63) is 57.8 Å². The lowest BCUT2D eigenvalue weighted by Crippen LogP contribution is -2.28. The van der Waals surface area contributed by atoms with Crippen LogP contribution in [0.25, 0.3) is 0 Å². The van der Waals surface area contributed by atoms with Gasteiger partial charge in [0, 0.05) is 23.8 Å². The van der Waals surface area contributed by atoms with Crippen molar-refractivity contribution in [1.82, 2.24) is 4.98 Å². The second kappa shape index (κ2) is 5.66. The molecule has 0 aliphatic heterocycles. The number of rotatable bonds is 2. The molecule has 0 N–H and O–H groups in total. The first-order valence-corrected chi connectivity index (χ1v) is 6.54. The van der Waals surface area contributed by atoms with Gasteiger partial charge in [-0.3, -0.25) is 9.78 Å². The van der Waals surface area contributed by atoms with E-state index in [4.69, 9.17) is 0 Å². The maximum absolute atomic E-state index is 13.7. The van der Waals surface area contributed by atoms with Gasteiger partial charge in [-0.05, 0) is 41.1 Å². The molecular weight excluding hydrogens is 330 g/mol. The lowest BCUT2D eigenvalue weighted by atomic mass is 10.1. The molecule has 20 heavy (non-hydrogen) atoms. The molecule has 104 valence electrons. The van der Waals surface area contributed by atoms with E-state index in [0.29, 0.717) is 15.7 Å². The van der Waals surface area contributed by atoms with Crippen molar-refractivity contribution in [3.63, 3.8) is 0 Å². The van der Waals surface area contributed by atoms with Gasteiger partial charge in [-0.2, -0.15) is 0 Å².